The van der Waals surface area contributed by atoms with Gasteiger partial charge >= 0.3 is 0 Å². The van der Waals surface area contributed by atoms with Crippen molar-refractivity contribution in [2.45, 2.75) is 32.2 Å². The number of nitrogens with zero attached hydrogens (tertiary/aromatic N) is 2. The number of rotatable bonds is 4. The minimum atomic E-state index is 0.0287. The van der Waals surface area contributed by atoms with Crippen LogP contribution in [0.3, 0.4) is 0 Å². The Morgan fingerprint density at radius 3 is 2.35 bits per heavy atom. The van der Waals surface area contributed by atoms with Crippen LogP contribution in [-0.2, 0) is 14.3 Å². The van der Waals surface area contributed by atoms with E-state index in [0.717, 1.165) is 25.8 Å². The number of hydrogen-bond donors (Lipinski definition) is 1. The van der Waals surface area contributed by atoms with Crippen molar-refractivity contribution < 1.29 is 14.3 Å². The Labute approximate surface area is 120 Å². The van der Waals surface area contributed by atoms with Gasteiger partial charge in [-0.1, -0.05) is 0 Å². The summed E-state index contributed by atoms with van der Waals surface area (Å²) in [5.41, 5.74) is 5.84. The molecule has 1 unspecified atom stereocenters. The highest BCUT2D eigenvalue weighted by atomic mass is 16.5. The molecule has 2 saturated heterocycles. The van der Waals surface area contributed by atoms with Crippen LogP contribution in [-0.4, -0.2) is 67.0 Å². The first-order valence-electron chi connectivity index (χ1n) is 7.51. The maximum Gasteiger partial charge on any atom is 0.248 e. The van der Waals surface area contributed by atoms with Gasteiger partial charge in [-0.2, -0.15) is 0 Å². The number of carbonyl (C=O) groups is 2. The summed E-state index contributed by atoms with van der Waals surface area (Å²) in [4.78, 5) is 27.8. The Bertz CT molecular complexity index is 354. The predicted octanol–water partition coefficient (Wildman–Crippen LogP) is -0.179. The van der Waals surface area contributed by atoms with E-state index in [4.69, 9.17) is 10.5 Å². The third-order valence-electron chi connectivity index (χ3n) is 4.16. The van der Waals surface area contributed by atoms with Crippen molar-refractivity contribution in [3.63, 3.8) is 0 Å². The lowest BCUT2D eigenvalue weighted by molar-refractivity contribution is -0.142. The molecule has 1 atom stereocenters. The molecule has 0 aromatic heterocycles. The molecule has 0 spiro atoms. The number of nitrogens with two attached hydrogens (primary N) is 1. The van der Waals surface area contributed by atoms with Crippen LogP contribution in [0, 0.1) is 5.92 Å². The van der Waals surface area contributed by atoms with Gasteiger partial charge in [0.1, 0.15) is 6.61 Å². The quantitative estimate of drug-likeness (QED) is 0.776. The topological polar surface area (TPSA) is 75.9 Å². The maximum absolute atomic E-state index is 12.3. The Kier molecular flexibility index (Phi) is 5.37. The molecular weight excluding hydrogens is 258 g/mol. The van der Waals surface area contributed by atoms with E-state index in [-0.39, 0.29) is 30.4 Å². The van der Waals surface area contributed by atoms with Gasteiger partial charge in [0, 0.05) is 44.7 Å². The van der Waals surface area contributed by atoms with Crippen LogP contribution in [0.1, 0.15) is 26.2 Å². The predicted molar refractivity (Wildman–Crippen MR) is 75.0 cm³/mol. The summed E-state index contributed by atoms with van der Waals surface area (Å²) in [6.45, 7) is 5.35. The minimum Gasteiger partial charge on any atom is -0.372 e. The molecular formula is C14H25N3O3. The fourth-order valence-electron chi connectivity index (χ4n) is 2.90. The van der Waals surface area contributed by atoms with Gasteiger partial charge in [-0.05, 0) is 26.2 Å². The van der Waals surface area contributed by atoms with E-state index in [0.29, 0.717) is 26.2 Å². The Morgan fingerprint density at radius 2 is 1.80 bits per heavy atom. The van der Waals surface area contributed by atoms with E-state index >= 15 is 0 Å². The highest BCUT2D eigenvalue weighted by Gasteiger charge is 2.32. The normalized spacial score (nSPS) is 24.2. The Hall–Kier alpha value is -1.14. The highest BCUT2D eigenvalue weighted by molar-refractivity contribution is 5.80. The second-order valence-electron chi connectivity index (χ2n) is 5.63. The lowest BCUT2D eigenvalue weighted by Gasteiger charge is -2.33. The van der Waals surface area contributed by atoms with Crippen molar-refractivity contribution in [1.82, 2.24) is 9.80 Å². The van der Waals surface area contributed by atoms with Crippen molar-refractivity contribution in [2.24, 2.45) is 11.7 Å². The Balaban J connectivity index is 1.76. The summed E-state index contributed by atoms with van der Waals surface area (Å²) in [7, 11) is 0. The molecule has 20 heavy (non-hydrogen) atoms. The smallest absolute Gasteiger partial charge is 0.248 e. The minimum absolute atomic E-state index is 0.0287. The van der Waals surface area contributed by atoms with Crippen LogP contribution >= 0.6 is 0 Å². The van der Waals surface area contributed by atoms with Crippen LogP contribution in [0.25, 0.3) is 0 Å². The first-order chi connectivity index (χ1) is 9.61. The molecule has 2 aliphatic heterocycles. The molecule has 0 saturated carbocycles. The zero-order valence-corrected chi connectivity index (χ0v) is 12.2. The molecule has 2 amide bonds. The summed E-state index contributed by atoms with van der Waals surface area (Å²) in [5.74, 6) is 0.298. The number of amides is 2. The van der Waals surface area contributed by atoms with Crippen LogP contribution in [0.4, 0.5) is 0 Å². The third-order valence-corrected chi connectivity index (χ3v) is 4.16. The van der Waals surface area contributed by atoms with E-state index < -0.39 is 0 Å². The lowest BCUT2D eigenvalue weighted by Crippen LogP contribution is -2.45. The number of piperidine rings is 1. The molecule has 2 fully saturated rings. The molecule has 2 rings (SSSR count). The summed E-state index contributed by atoms with van der Waals surface area (Å²) >= 11 is 0. The standard InChI is InChI=1S/C14H25N3O3/c1-2-20-10-13(18)16-6-3-11(4-7-16)14(19)17-8-5-12(15)9-17/h11-12H,2-10,15H2,1H3. The highest BCUT2D eigenvalue weighted by Crippen LogP contribution is 2.21. The van der Waals surface area contributed by atoms with Crippen molar-refractivity contribution in [3.8, 4) is 0 Å². The van der Waals surface area contributed by atoms with Crippen molar-refractivity contribution in [2.75, 3.05) is 39.4 Å². The molecule has 2 heterocycles. The number of ether oxygens (including phenoxy) is 1. The van der Waals surface area contributed by atoms with Gasteiger partial charge in [-0.15, -0.1) is 0 Å². The second kappa shape index (κ2) is 7.04. The van der Waals surface area contributed by atoms with E-state index in [1.165, 1.54) is 0 Å². The average Bonchev–Trinajstić information content (AvgIpc) is 2.90. The van der Waals surface area contributed by atoms with Crippen LogP contribution in [0.2, 0.25) is 0 Å². The monoisotopic (exact) mass is 283 g/mol. The molecule has 6 nitrogen and oxygen atoms in total. The lowest BCUT2D eigenvalue weighted by atomic mass is 9.95. The van der Waals surface area contributed by atoms with E-state index in [1.807, 2.05) is 11.8 Å². The van der Waals surface area contributed by atoms with Gasteiger partial charge in [0.2, 0.25) is 11.8 Å². The zero-order chi connectivity index (χ0) is 14.5. The summed E-state index contributed by atoms with van der Waals surface area (Å²) < 4.78 is 5.14. The summed E-state index contributed by atoms with van der Waals surface area (Å²) in [6.07, 6.45) is 2.41. The van der Waals surface area contributed by atoms with Gasteiger partial charge in [0.05, 0.1) is 0 Å². The number of hydrogen-bond acceptors (Lipinski definition) is 4. The van der Waals surface area contributed by atoms with Crippen LogP contribution < -0.4 is 5.73 Å². The van der Waals surface area contributed by atoms with Crippen LogP contribution in [0.15, 0.2) is 0 Å². The van der Waals surface area contributed by atoms with Crippen LogP contribution in [0.5, 0.6) is 0 Å². The van der Waals surface area contributed by atoms with E-state index in [9.17, 15) is 9.59 Å². The molecule has 0 aliphatic carbocycles. The zero-order valence-electron chi connectivity index (χ0n) is 12.2. The first kappa shape index (κ1) is 15.3. The summed E-state index contributed by atoms with van der Waals surface area (Å²) in [5, 5.41) is 0. The molecule has 2 aliphatic rings. The first-order valence-corrected chi connectivity index (χ1v) is 7.51. The van der Waals surface area contributed by atoms with Crippen molar-refractivity contribution in [1.29, 1.82) is 0 Å². The van der Waals surface area contributed by atoms with E-state index in [1.54, 1.807) is 4.90 Å². The van der Waals surface area contributed by atoms with Gasteiger partial charge in [0.15, 0.2) is 0 Å². The molecule has 6 heteroatoms. The molecule has 0 bridgehead atoms. The summed E-state index contributed by atoms with van der Waals surface area (Å²) in [6, 6.07) is 0.131. The average molecular weight is 283 g/mol. The van der Waals surface area contributed by atoms with Gasteiger partial charge < -0.3 is 20.3 Å². The largest absolute Gasteiger partial charge is 0.372 e. The Morgan fingerprint density at radius 1 is 1.15 bits per heavy atom. The van der Waals surface area contributed by atoms with E-state index in [2.05, 4.69) is 0 Å². The molecule has 0 aromatic carbocycles. The number of carbonyl (C=O) groups excluding carboxylic acids is 2. The van der Waals surface area contributed by atoms with Gasteiger partial charge in [-0.25, -0.2) is 0 Å². The third kappa shape index (κ3) is 3.70. The van der Waals surface area contributed by atoms with Gasteiger partial charge in [-0.3, -0.25) is 9.59 Å². The molecule has 2 N–H and O–H groups in total. The van der Waals surface area contributed by atoms with Crippen molar-refractivity contribution in [3.05, 3.63) is 0 Å². The fraction of sp³-hybridized carbons (Fsp3) is 0.857. The second-order valence-corrected chi connectivity index (χ2v) is 5.63. The SMILES string of the molecule is CCOCC(=O)N1CCC(C(=O)N2CCC(N)C2)CC1. The number of likely N-dealkylation sites (tertiary alicyclic amines) is 2. The molecule has 0 aromatic rings. The van der Waals surface area contributed by atoms with Gasteiger partial charge in [0.25, 0.3) is 0 Å². The fourth-order valence-corrected chi connectivity index (χ4v) is 2.90. The molecule has 0 radical (unpaired) electrons. The van der Waals surface area contributed by atoms with Crippen molar-refractivity contribution >= 4 is 11.8 Å². The molecule has 114 valence electrons. The maximum atomic E-state index is 12.3.